The molecule has 0 unspecified atom stereocenters. The monoisotopic (exact) mass is 457 g/mol. The second-order valence-corrected chi connectivity index (χ2v) is 7.88. The second-order valence-electron chi connectivity index (χ2n) is 7.88. The van der Waals surface area contributed by atoms with Gasteiger partial charge in [-0.25, -0.2) is 9.18 Å². The number of amides is 3. The molecule has 33 heavy (non-hydrogen) atoms. The minimum absolute atomic E-state index is 0.0517. The fourth-order valence-corrected chi connectivity index (χ4v) is 3.92. The average Bonchev–Trinajstić information content (AvgIpc) is 3.18. The lowest BCUT2D eigenvalue weighted by molar-refractivity contribution is -0.608. The summed E-state index contributed by atoms with van der Waals surface area (Å²) in [6.07, 6.45) is 0.173. The van der Waals surface area contributed by atoms with Gasteiger partial charge >= 0.3 is 12.0 Å². The molecule has 0 radical (unpaired) electrons. The number of halogens is 1. The summed E-state index contributed by atoms with van der Waals surface area (Å²) in [5, 5.41) is 14.4. The zero-order valence-electron chi connectivity index (χ0n) is 18.1. The Morgan fingerprint density at radius 1 is 1.21 bits per heavy atom. The van der Waals surface area contributed by atoms with Crippen LogP contribution in [0.5, 0.6) is 0 Å². The van der Waals surface area contributed by atoms with Crippen molar-refractivity contribution >= 4 is 29.3 Å². The van der Waals surface area contributed by atoms with Crippen LogP contribution in [0.3, 0.4) is 0 Å². The summed E-state index contributed by atoms with van der Waals surface area (Å²) in [5.41, 5.74) is 0.784. The lowest BCUT2D eigenvalue weighted by Gasteiger charge is -2.35. The highest BCUT2D eigenvalue weighted by atomic mass is 19.1. The molecule has 10 nitrogen and oxygen atoms in total. The molecule has 174 valence electrons. The van der Waals surface area contributed by atoms with Gasteiger partial charge in [0.05, 0.1) is 24.5 Å². The third kappa shape index (κ3) is 4.81. The first kappa shape index (κ1) is 22.3. The van der Waals surface area contributed by atoms with E-state index in [1.807, 2.05) is 4.90 Å². The van der Waals surface area contributed by atoms with Gasteiger partial charge in [0.25, 0.3) is 5.69 Å². The van der Waals surface area contributed by atoms with E-state index < -0.39 is 18.0 Å². The van der Waals surface area contributed by atoms with Gasteiger partial charge in [-0.2, -0.15) is 4.73 Å². The molecule has 2 aliphatic rings. The van der Waals surface area contributed by atoms with E-state index in [-0.39, 0.29) is 30.6 Å². The maximum atomic E-state index is 14.9. The third-order valence-corrected chi connectivity index (χ3v) is 5.65. The van der Waals surface area contributed by atoms with Gasteiger partial charge in [0, 0.05) is 45.2 Å². The van der Waals surface area contributed by atoms with Gasteiger partial charge in [0.15, 0.2) is 6.20 Å². The standard InChI is InChI=1S/C22H24FN5O5/c1-15(29)24-13-17-14-27(22(31)33-17)16-5-6-19(18(23)12-16)25-8-10-26(11-9-25)21(30)20-4-2-3-7-28(20)32/h2-7,12,17H,8-11,13-14H2,1H3,(H,24,29)/t17-/m0/s1. The first-order valence-electron chi connectivity index (χ1n) is 10.6. The number of rotatable bonds is 5. The van der Waals surface area contributed by atoms with Crippen LogP contribution in [0.2, 0.25) is 0 Å². The average molecular weight is 457 g/mol. The fraction of sp³-hybridized carbons (Fsp3) is 0.364. The van der Waals surface area contributed by atoms with Crippen LogP contribution in [0.4, 0.5) is 20.6 Å². The molecule has 3 heterocycles. The molecule has 4 rings (SSSR count). The van der Waals surface area contributed by atoms with E-state index in [4.69, 9.17) is 4.74 Å². The number of aromatic nitrogens is 1. The largest absolute Gasteiger partial charge is 0.618 e. The maximum absolute atomic E-state index is 14.9. The van der Waals surface area contributed by atoms with E-state index in [0.717, 1.165) is 0 Å². The zero-order valence-corrected chi connectivity index (χ0v) is 18.1. The van der Waals surface area contributed by atoms with Crippen molar-refractivity contribution in [2.45, 2.75) is 13.0 Å². The minimum Gasteiger partial charge on any atom is -0.618 e. The Balaban J connectivity index is 1.38. The number of nitrogens with zero attached hydrogens (tertiary/aromatic N) is 4. The van der Waals surface area contributed by atoms with Crippen LogP contribution < -0.4 is 19.8 Å². The number of carbonyl (C=O) groups excluding carboxylic acids is 3. The topological polar surface area (TPSA) is 109 Å². The molecule has 0 bridgehead atoms. The van der Waals surface area contributed by atoms with E-state index in [1.54, 1.807) is 29.2 Å². The minimum atomic E-state index is -0.596. The zero-order chi connectivity index (χ0) is 23.5. The molecule has 2 aliphatic heterocycles. The van der Waals surface area contributed by atoms with Crippen molar-refractivity contribution in [3.8, 4) is 0 Å². The van der Waals surface area contributed by atoms with Gasteiger partial charge in [-0.05, 0) is 24.3 Å². The molecular weight excluding hydrogens is 433 g/mol. The van der Waals surface area contributed by atoms with Crippen LogP contribution in [-0.4, -0.2) is 68.2 Å². The van der Waals surface area contributed by atoms with Crippen molar-refractivity contribution in [3.05, 3.63) is 59.3 Å². The highest BCUT2D eigenvalue weighted by Crippen LogP contribution is 2.28. The Morgan fingerprint density at radius 3 is 2.64 bits per heavy atom. The van der Waals surface area contributed by atoms with Crippen LogP contribution in [0.25, 0.3) is 0 Å². The quantitative estimate of drug-likeness (QED) is 0.528. The summed E-state index contributed by atoms with van der Waals surface area (Å²) in [7, 11) is 0. The highest BCUT2D eigenvalue weighted by Gasteiger charge is 2.33. The van der Waals surface area contributed by atoms with Crippen molar-refractivity contribution in [3.63, 3.8) is 0 Å². The number of piperazine rings is 1. The molecule has 1 N–H and O–H groups in total. The summed E-state index contributed by atoms with van der Waals surface area (Å²) in [6, 6.07) is 9.18. The summed E-state index contributed by atoms with van der Waals surface area (Å²) < 4.78 is 20.7. The number of pyridine rings is 1. The molecule has 1 atom stereocenters. The Labute approximate surface area is 189 Å². The van der Waals surface area contributed by atoms with E-state index in [1.165, 1.54) is 30.2 Å². The molecule has 0 saturated carbocycles. The summed E-state index contributed by atoms with van der Waals surface area (Å²) in [5.74, 6) is -1.08. The predicted octanol–water partition coefficient (Wildman–Crippen LogP) is 0.883. The molecule has 0 aliphatic carbocycles. The van der Waals surface area contributed by atoms with E-state index >= 15 is 0 Å². The summed E-state index contributed by atoms with van der Waals surface area (Å²) in [6.45, 7) is 3.27. The summed E-state index contributed by atoms with van der Waals surface area (Å²) in [4.78, 5) is 40.5. The molecule has 3 amide bonds. The Kier molecular flexibility index (Phi) is 6.29. The number of nitrogens with one attached hydrogen (secondary N) is 1. The number of anilines is 2. The van der Waals surface area contributed by atoms with Crippen molar-refractivity contribution in [1.82, 2.24) is 10.2 Å². The molecule has 1 aromatic carbocycles. The van der Waals surface area contributed by atoms with Gasteiger partial charge in [-0.1, -0.05) is 0 Å². The number of cyclic esters (lactones) is 1. The summed E-state index contributed by atoms with van der Waals surface area (Å²) >= 11 is 0. The van der Waals surface area contributed by atoms with Gasteiger partial charge in [-0.15, -0.1) is 0 Å². The SMILES string of the molecule is CC(=O)NC[C@H]1CN(c2ccc(N3CCN(C(=O)c4cccc[n+]4[O-])CC3)c(F)c2)C(=O)O1. The maximum Gasteiger partial charge on any atom is 0.414 e. The number of hydrogen-bond donors (Lipinski definition) is 1. The molecule has 2 aromatic rings. The molecule has 0 spiro atoms. The number of ether oxygens (including phenoxy) is 1. The van der Waals surface area contributed by atoms with Crippen LogP contribution in [0, 0.1) is 11.0 Å². The Bertz CT molecular complexity index is 1070. The van der Waals surface area contributed by atoms with Crippen molar-refractivity contribution in [1.29, 1.82) is 0 Å². The second kappa shape index (κ2) is 9.31. The molecule has 1 aromatic heterocycles. The molecule has 2 fully saturated rings. The third-order valence-electron chi connectivity index (χ3n) is 5.65. The lowest BCUT2D eigenvalue weighted by atomic mass is 10.2. The normalized spacial score (nSPS) is 18.3. The number of carbonyl (C=O) groups is 3. The van der Waals surface area contributed by atoms with Crippen molar-refractivity contribution in [2.75, 3.05) is 49.1 Å². The predicted molar refractivity (Wildman–Crippen MR) is 116 cm³/mol. The fourth-order valence-electron chi connectivity index (χ4n) is 3.92. The Hall–Kier alpha value is -3.89. The van der Waals surface area contributed by atoms with Crippen molar-refractivity contribution in [2.24, 2.45) is 0 Å². The van der Waals surface area contributed by atoms with E-state index in [9.17, 15) is 24.0 Å². The van der Waals surface area contributed by atoms with Gasteiger partial charge in [0.1, 0.15) is 11.9 Å². The Morgan fingerprint density at radius 2 is 1.97 bits per heavy atom. The number of hydrogen-bond acceptors (Lipinski definition) is 6. The van der Waals surface area contributed by atoms with Gasteiger partial charge < -0.3 is 25.1 Å². The van der Waals surface area contributed by atoms with Crippen LogP contribution in [0.15, 0.2) is 42.6 Å². The van der Waals surface area contributed by atoms with Crippen LogP contribution in [0.1, 0.15) is 17.4 Å². The highest BCUT2D eigenvalue weighted by molar-refractivity contribution is 5.91. The van der Waals surface area contributed by atoms with E-state index in [2.05, 4.69) is 5.32 Å². The van der Waals surface area contributed by atoms with Crippen molar-refractivity contribution < 1.29 is 28.2 Å². The smallest absolute Gasteiger partial charge is 0.414 e. The van der Waals surface area contributed by atoms with Gasteiger partial charge in [0.2, 0.25) is 5.91 Å². The number of benzene rings is 1. The van der Waals surface area contributed by atoms with E-state index in [0.29, 0.717) is 42.3 Å². The first-order chi connectivity index (χ1) is 15.8. The first-order valence-corrected chi connectivity index (χ1v) is 10.6. The lowest BCUT2D eigenvalue weighted by Crippen LogP contribution is -2.51. The van der Waals surface area contributed by atoms with Gasteiger partial charge in [-0.3, -0.25) is 14.5 Å². The molecular formula is C22H24FN5O5. The van der Waals surface area contributed by atoms with Crippen LogP contribution >= 0.6 is 0 Å². The molecule has 2 saturated heterocycles. The molecule has 11 heteroatoms. The van der Waals surface area contributed by atoms with Crippen LogP contribution in [-0.2, 0) is 9.53 Å².